The fraction of sp³-hybridized carbons (Fsp3) is 0.316. The Kier molecular flexibility index (Phi) is 6.43. The van der Waals surface area contributed by atoms with Crippen LogP contribution in [0.4, 0.5) is 15.8 Å². The number of sulfonamides is 1. The van der Waals surface area contributed by atoms with Crippen molar-refractivity contribution in [3.05, 3.63) is 54.3 Å². The molecule has 0 unspecified atom stereocenters. The fourth-order valence-corrected chi connectivity index (χ4v) is 3.71. The van der Waals surface area contributed by atoms with Crippen LogP contribution in [0.5, 0.6) is 5.75 Å². The van der Waals surface area contributed by atoms with Gasteiger partial charge in [0.15, 0.2) is 0 Å². The molecule has 8 heteroatoms. The van der Waals surface area contributed by atoms with Crippen LogP contribution in [0.1, 0.15) is 20.8 Å². The van der Waals surface area contributed by atoms with Gasteiger partial charge in [-0.05, 0) is 69.3 Å². The van der Waals surface area contributed by atoms with E-state index in [0.29, 0.717) is 11.4 Å². The smallest absolute Gasteiger partial charge is 0.247 e. The normalized spacial score (nSPS) is 12.5. The molecule has 1 atom stereocenters. The number of ether oxygens (including phenoxy) is 1. The Morgan fingerprint density at radius 1 is 1.04 bits per heavy atom. The number of halogens is 1. The molecule has 0 saturated heterocycles. The number of nitrogens with zero attached hydrogens (tertiary/aromatic N) is 1. The molecule has 0 saturated carbocycles. The number of hydrogen-bond acceptors (Lipinski definition) is 4. The minimum absolute atomic E-state index is 0.0319. The number of benzene rings is 2. The van der Waals surface area contributed by atoms with Gasteiger partial charge in [-0.3, -0.25) is 9.10 Å². The summed E-state index contributed by atoms with van der Waals surface area (Å²) >= 11 is 0. The van der Waals surface area contributed by atoms with Crippen molar-refractivity contribution in [3.8, 4) is 5.75 Å². The summed E-state index contributed by atoms with van der Waals surface area (Å²) in [6.07, 6.45) is 1.03. The van der Waals surface area contributed by atoms with Crippen LogP contribution in [0.3, 0.4) is 0 Å². The van der Waals surface area contributed by atoms with Gasteiger partial charge in [-0.1, -0.05) is 0 Å². The third-order valence-electron chi connectivity index (χ3n) is 3.66. The van der Waals surface area contributed by atoms with E-state index < -0.39 is 27.8 Å². The van der Waals surface area contributed by atoms with E-state index in [1.54, 1.807) is 24.3 Å². The van der Waals surface area contributed by atoms with E-state index in [2.05, 4.69) is 5.32 Å². The standard InChI is InChI=1S/C19H23FN2O4S/c1-13(2)26-18-11-7-16(8-12-18)21-19(23)14(3)22(27(4,24)25)17-9-5-15(20)6-10-17/h5-14H,1-4H3,(H,21,23)/t14-/m1/s1. The number of hydrogen-bond donors (Lipinski definition) is 1. The van der Waals surface area contributed by atoms with Crippen molar-refractivity contribution >= 4 is 27.3 Å². The first-order chi connectivity index (χ1) is 12.6. The molecule has 146 valence electrons. The Morgan fingerprint density at radius 2 is 1.59 bits per heavy atom. The number of carbonyl (C=O) groups excluding carboxylic acids is 1. The van der Waals surface area contributed by atoms with Crippen LogP contribution < -0.4 is 14.4 Å². The molecule has 0 aliphatic rings. The number of amides is 1. The minimum Gasteiger partial charge on any atom is -0.491 e. The molecule has 2 aromatic rings. The molecule has 27 heavy (non-hydrogen) atoms. The highest BCUT2D eigenvalue weighted by Crippen LogP contribution is 2.22. The second-order valence-electron chi connectivity index (χ2n) is 6.39. The molecule has 0 aliphatic carbocycles. The molecule has 1 N–H and O–H groups in total. The Balaban J connectivity index is 2.18. The molecule has 6 nitrogen and oxygen atoms in total. The van der Waals surface area contributed by atoms with E-state index in [-0.39, 0.29) is 11.8 Å². The van der Waals surface area contributed by atoms with Gasteiger partial charge in [-0.25, -0.2) is 12.8 Å². The number of anilines is 2. The number of nitrogens with one attached hydrogen (secondary N) is 1. The van der Waals surface area contributed by atoms with Crippen LogP contribution in [0.15, 0.2) is 48.5 Å². The van der Waals surface area contributed by atoms with Gasteiger partial charge in [0.05, 0.1) is 18.0 Å². The zero-order chi connectivity index (χ0) is 20.2. The summed E-state index contributed by atoms with van der Waals surface area (Å²) in [7, 11) is -3.76. The van der Waals surface area contributed by atoms with Gasteiger partial charge in [0.1, 0.15) is 17.6 Å². The first-order valence-corrected chi connectivity index (χ1v) is 10.3. The predicted molar refractivity (Wildman–Crippen MR) is 104 cm³/mol. The average molecular weight is 394 g/mol. The minimum atomic E-state index is -3.76. The van der Waals surface area contributed by atoms with Crippen LogP contribution in [-0.4, -0.2) is 32.7 Å². The first kappa shape index (κ1) is 20.7. The monoisotopic (exact) mass is 394 g/mol. The maximum Gasteiger partial charge on any atom is 0.247 e. The van der Waals surface area contributed by atoms with Gasteiger partial charge in [-0.15, -0.1) is 0 Å². The highest BCUT2D eigenvalue weighted by Gasteiger charge is 2.29. The largest absolute Gasteiger partial charge is 0.491 e. The fourth-order valence-electron chi connectivity index (χ4n) is 2.53. The molecule has 0 fully saturated rings. The molecule has 0 spiro atoms. The molecule has 2 rings (SSSR count). The van der Waals surface area contributed by atoms with E-state index in [9.17, 15) is 17.6 Å². The Bertz CT molecular complexity index is 881. The van der Waals surface area contributed by atoms with Crippen LogP contribution >= 0.6 is 0 Å². The van der Waals surface area contributed by atoms with Gasteiger partial charge >= 0.3 is 0 Å². The molecule has 2 aromatic carbocycles. The SMILES string of the molecule is CC(C)Oc1ccc(NC(=O)[C@@H](C)N(c2ccc(F)cc2)S(C)(=O)=O)cc1. The topological polar surface area (TPSA) is 75.7 Å². The van der Waals surface area contributed by atoms with Crippen molar-refractivity contribution < 1.29 is 22.3 Å². The lowest BCUT2D eigenvalue weighted by molar-refractivity contribution is -0.116. The molecule has 0 radical (unpaired) electrons. The van der Waals surface area contributed by atoms with Crippen molar-refractivity contribution in [2.75, 3.05) is 15.9 Å². The summed E-state index contributed by atoms with van der Waals surface area (Å²) in [5, 5.41) is 2.68. The van der Waals surface area contributed by atoms with Crippen molar-refractivity contribution in [3.63, 3.8) is 0 Å². The van der Waals surface area contributed by atoms with Gasteiger partial charge in [-0.2, -0.15) is 0 Å². The van der Waals surface area contributed by atoms with Gasteiger partial charge in [0, 0.05) is 5.69 Å². The lowest BCUT2D eigenvalue weighted by Gasteiger charge is -2.28. The van der Waals surface area contributed by atoms with E-state index in [0.717, 1.165) is 22.7 Å². The maximum absolute atomic E-state index is 13.1. The lowest BCUT2D eigenvalue weighted by Crippen LogP contribution is -2.45. The third kappa shape index (κ3) is 5.68. The maximum atomic E-state index is 13.1. The summed E-state index contributed by atoms with van der Waals surface area (Å²) in [5.41, 5.74) is 0.720. The molecular formula is C19H23FN2O4S. The zero-order valence-corrected chi connectivity index (χ0v) is 16.5. The molecule has 0 heterocycles. The number of carbonyl (C=O) groups is 1. The zero-order valence-electron chi connectivity index (χ0n) is 15.6. The van der Waals surface area contributed by atoms with E-state index in [1.165, 1.54) is 19.1 Å². The Morgan fingerprint density at radius 3 is 2.07 bits per heavy atom. The predicted octanol–water partition coefficient (Wildman–Crippen LogP) is 3.41. The molecule has 0 bridgehead atoms. The van der Waals surface area contributed by atoms with Crippen molar-refractivity contribution in [1.82, 2.24) is 0 Å². The second kappa shape index (κ2) is 8.39. The van der Waals surface area contributed by atoms with Crippen LogP contribution in [0.2, 0.25) is 0 Å². The van der Waals surface area contributed by atoms with Crippen molar-refractivity contribution in [2.24, 2.45) is 0 Å². The van der Waals surface area contributed by atoms with Gasteiger partial charge < -0.3 is 10.1 Å². The van der Waals surface area contributed by atoms with Crippen LogP contribution in [0, 0.1) is 5.82 Å². The van der Waals surface area contributed by atoms with Crippen molar-refractivity contribution in [1.29, 1.82) is 0 Å². The van der Waals surface area contributed by atoms with Crippen LogP contribution in [0.25, 0.3) is 0 Å². The van der Waals surface area contributed by atoms with E-state index in [1.807, 2.05) is 13.8 Å². The lowest BCUT2D eigenvalue weighted by atomic mass is 10.2. The van der Waals surface area contributed by atoms with E-state index >= 15 is 0 Å². The summed E-state index contributed by atoms with van der Waals surface area (Å²) in [5.74, 6) is -0.338. The molecular weight excluding hydrogens is 371 g/mol. The highest BCUT2D eigenvalue weighted by molar-refractivity contribution is 7.92. The van der Waals surface area contributed by atoms with Crippen molar-refractivity contribution in [2.45, 2.75) is 32.9 Å². The molecule has 1 amide bonds. The summed E-state index contributed by atoms with van der Waals surface area (Å²) < 4.78 is 44.0. The molecule has 0 aliphatic heterocycles. The Labute approximate surface area is 159 Å². The van der Waals surface area contributed by atoms with E-state index in [4.69, 9.17) is 4.74 Å². The summed E-state index contributed by atoms with van der Waals surface area (Å²) in [4.78, 5) is 12.6. The first-order valence-electron chi connectivity index (χ1n) is 8.40. The molecule has 0 aromatic heterocycles. The van der Waals surface area contributed by atoms with Gasteiger partial charge in [0.25, 0.3) is 0 Å². The Hall–Kier alpha value is -2.61. The second-order valence-corrected chi connectivity index (χ2v) is 8.25. The highest BCUT2D eigenvalue weighted by atomic mass is 32.2. The quantitative estimate of drug-likeness (QED) is 0.781. The number of rotatable bonds is 7. The summed E-state index contributed by atoms with van der Waals surface area (Å²) in [6, 6.07) is 10.7. The average Bonchev–Trinajstić information content (AvgIpc) is 2.57. The third-order valence-corrected chi connectivity index (χ3v) is 4.90. The summed E-state index contributed by atoms with van der Waals surface area (Å²) in [6.45, 7) is 5.29. The van der Waals surface area contributed by atoms with Gasteiger partial charge in [0.2, 0.25) is 15.9 Å². The van der Waals surface area contributed by atoms with Crippen LogP contribution in [-0.2, 0) is 14.8 Å².